The molecular weight excluding hydrogens is 545 g/mol. The van der Waals surface area contributed by atoms with Crippen LogP contribution in [0.4, 0.5) is 16.0 Å². The number of furan rings is 1. The lowest BCUT2D eigenvalue weighted by Gasteiger charge is -2.36. The molecule has 0 saturated carbocycles. The highest BCUT2D eigenvalue weighted by Gasteiger charge is 2.21. The minimum atomic E-state index is -0.403. The number of fused-ring (bicyclic) bond motifs is 3. The topological polar surface area (TPSA) is 162 Å². The number of likely N-dealkylation sites (N-methyl/N-ethyl adjacent to an activating group) is 1. The smallest absolute Gasteiger partial charge is 0.231 e. The molecule has 1 saturated heterocycles. The Morgan fingerprint density at radius 3 is 2.71 bits per heavy atom. The summed E-state index contributed by atoms with van der Waals surface area (Å²) in [5, 5.41) is 4.42. The molecule has 220 valence electrons. The first kappa shape index (κ1) is 27.4. The van der Waals surface area contributed by atoms with Crippen LogP contribution >= 0.6 is 0 Å². The van der Waals surface area contributed by atoms with E-state index in [1.807, 2.05) is 9.47 Å². The van der Waals surface area contributed by atoms with Crippen LogP contribution in [0.5, 0.6) is 5.75 Å². The molecule has 1 aliphatic heterocycles. The second-order valence-corrected chi connectivity index (χ2v) is 10.2. The van der Waals surface area contributed by atoms with E-state index >= 15 is 0 Å². The van der Waals surface area contributed by atoms with Crippen LogP contribution in [0.25, 0.3) is 28.4 Å². The van der Waals surface area contributed by atoms with Crippen LogP contribution in [0.15, 0.2) is 47.3 Å². The molecule has 4 N–H and O–H groups in total. The van der Waals surface area contributed by atoms with Crippen molar-refractivity contribution >= 4 is 34.4 Å². The standard InChI is InChI=1S/C27H32FN11O3/c1-35(16-22(29)40)12-14-41-18-4-5-20(19(28)15-18)37-9-6-36(7-10-37)8-11-38-17-31-23-25(38)33-27(30)39-26(23)32-24(34-39)21-3-2-13-42-21/h2-5,13,15,17H,6-12,14,16H2,1H3,(H2,29,40)(H2,30,33). The van der Waals surface area contributed by atoms with Crippen molar-refractivity contribution in [1.82, 2.24) is 38.9 Å². The second kappa shape index (κ2) is 11.6. The van der Waals surface area contributed by atoms with E-state index in [1.165, 1.54) is 10.6 Å². The lowest BCUT2D eigenvalue weighted by atomic mass is 10.2. The molecule has 14 nitrogen and oxygen atoms in total. The SMILES string of the molecule is CN(CCOc1ccc(N2CCN(CCn3cnc4c3nc(N)n3nc(-c5ccco5)nc43)CC2)c(F)c1)CC(N)=O. The van der Waals surface area contributed by atoms with Gasteiger partial charge in [-0.2, -0.15) is 9.50 Å². The molecule has 0 unspecified atom stereocenters. The van der Waals surface area contributed by atoms with E-state index in [1.54, 1.807) is 48.8 Å². The quantitative estimate of drug-likeness (QED) is 0.231. The molecule has 1 aromatic carbocycles. The maximum absolute atomic E-state index is 14.9. The predicted molar refractivity (Wildman–Crippen MR) is 153 cm³/mol. The van der Waals surface area contributed by atoms with Crippen molar-refractivity contribution in [3.05, 3.63) is 48.7 Å². The summed E-state index contributed by atoms with van der Waals surface area (Å²) in [7, 11) is 1.77. The molecule has 1 aliphatic rings. The highest BCUT2D eigenvalue weighted by atomic mass is 19.1. The number of nitrogens with two attached hydrogens (primary N) is 2. The molecule has 0 atom stereocenters. The molecule has 15 heteroatoms. The van der Waals surface area contributed by atoms with E-state index in [9.17, 15) is 9.18 Å². The van der Waals surface area contributed by atoms with E-state index in [4.69, 9.17) is 20.6 Å². The molecule has 42 heavy (non-hydrogen) atoms. The molecule has 0 radical (unpaired) electrons. The summed E-state index contributed by atoms with van der Waals surface area (Å²) >= 11 is 0. The van der Waals surface area contributed by atoms with Gasteiger partial charge in [0.2, 0.25) is 17.7 Å². The van der Waals surface area contributed by atoms with E-state index < -0.39 is 5.91 Å². The maximum atomic E-state index is 14.9. The third-order valence-corrected chi connectivity index (χ3v) is 7.26. The van der Waals surface area contributed by atoms with Crippen LogP contribution in [0, 0.1) is 5.82 Å². The Hall–Kier alpha value is -4.76. The van der Waals surface area contributed by atoms with Gasteiger partial charge in [-0.1, -0.05) is 0 Å². The maximum Gasteiger partial charge on any atom is 0.231 e. The van der Waals surface area contributed by atoms with Crippen LogP contribution in [-0.2, 0) is 11.3 Å². The Labute approximate surface area is 240 Å². The number of piperazine rings is 1. The number of aromatic nitrogens is 6. The summed E-state index contributed by atoms with van der Waals surface area (Å²) in [5.41, 5.74) is 13.7. The van der Waals surface area contributed by atoms with Crippen molar-refractivity contribution in [3.63, 3.8) is 0 Å². The van der Waals surface area contributed by atoms with Gasteiger partial charge in [-0.05, 0) is 31.3 Å². The number of carbonyl (C=O) groups excluding carboxylic acids is 1. The zero-order valence-electron chi connectivity index (χ0n) is 23.2. The lowest BCUT2D eigenvalue weighted by molar-refractivity contribution is -0.118. The third kappa shape index (κ3) is 5.69. The minimum Gasteiger partial charge on any atom is -0.492 e. The average molecular weight is 578 g/mol. The zero-order valence-corrected chi connectivity index (χ0v) is 23.2. The number of hydrogen-bond donors (Lipinski definition) is 2. The number of nitrogens with zero attached hydrogens (tertiary/aromatic N) is 9. The normalized spacial score (nSPS) is 14.4. The average Bonchev–Trinajstić information content (AvgIpc) is 3.72. The molecule has 0 bridgehead atoms. The van der Waals surface area contributed by atoms with E-state index in [0.29, 0.717) is 72.6 Å². The molecule has 0 aliphatic carbocycles. The summed E-state index contributed by atoms with van der Waals surface area (Å²) in [6.07, 6.45) is 3.30. The number of benzene rings is 1. The monoisotopic (exact) mass is 577 g/mol. The van der Waals surface area contributed by atoms with Crippen LogP contribution in [0.3, 0.4) is 0 Å². The molecule has 5 heterocycles. The Morgan fingerprint density at radius 2 is 1.98 bits per heavy atom. The Morgan fingerprint density at radius 1 is 1.14 bits per heavy atom. The van der Waals surface area contributed by atoms with Gasteiger partial charge in [0.15, 0.2) is 22.6 Å². The summed E-state index contributed by atoms with van der Waals surface area (Å²) < 4.78 is 29.4. The first-order valence-electron chi connectivity index (χ1n) is 13.6. The van der Waals surface area contributed by atoms with Gasteiger partial charge in [-0.25, -0.2) is 14.4 Å². The molecular formula is C27H32FN11O3. The number of primary amides is 1. The Kier molecular flexibility index (Phi) is 7.58. The summed E-state index contributed by atoms with van der Waals surface area (Å²) in [6, 6.07) is 8.48. The first-order valence-corrected chi connectivity index (χ1v) is 13.6. The van der Waals surface area contributed by atoms with Crippen LogP contribution in [0.1, 0.15) is 0 Å². The van der Waals surface area contributed by atoms with Crippen molar-refractivity contribution in [2.75, 3.05) is 70.1 Å². The van der Waals surface area contributed by atoms with Crippen molar-refractivity contribution in [2.45, 2.75) is 6.54 Å². The van der Waals surface area contributed by atoms with Crippen LogP contribution in [0.2, 0.25) is 0 Å². The fourth-order valence-electron chi connectivity index (χ4n) is 5.07. The van der Waals surface area contributed by atoms with Crippen molar-refractivity contribution < 1.29 is 18.3 Å². The van der Waals surface area contributed by atoms with Gasteiger partial charge in [0, 0.05) is 51.9 Å². The van der Waals surface area contributed by atoms with Gasteiger partial charge < -0.3 is 30.1 Å². The number of rotatable bonds is 11. The minimum absolute atomic E-state index is 0.146. The highest BCUT2D eigenvalue weighted by Crippen LogP contribution is 2.26. The van der Waals surface area contributed by atoms with Crippen molar-refractivity contribution in [2.24, 2.45) is 5.73 Å². The predicted octanol–water partition coefficient (Wildman–Crippen LogP) is 1.07. The molecule has 5 aromatic rings. The summed E-state index contributed by atoms with van der Waals surface area (Å²) in [6.45, 7) is 5.37. The number of amides is 1. The third-order valence-electron chi connectivity index (χ3n) is 7.26. The number of anilines is 2. The summed E-state index contributed by atoms with van der Waals surface area (Å²) in [4.78, 5) is 30.8. The molecule has 6 rings (SSSR count). The number of nitrogen functional groups attached to an aromatic ring is 1. The van der Waals surface area contributed by atoms with Gasteiger partial charge in [0.05, 0.1) is 24.8 Å². The molecule has 0 spiro atoms. The molecule has 1 amide bonds. The molecule has 4 aromatic heterocycles. The lowest BCUT2D eigenvalue weighted by Crippen LogP contribution is -2.47. The number of carbonyl (C=O) groups is 1. The summed E-state index contributed by atoms with van der Waals surface area (Å²) in [5.74, 6) is 0.888. The fourth-order valence-corrected chi connectivity index (χ4v) is 5.07. The van der Waals surface area contributed by atoms with Crippen molar-refractivity contribution in [3.8, 4) is 17.3 Å². The Bertz CT molecular complexity index is 1690. The number of halogens is 1. The second-order valence-electron chi connectivity index (χ2n) is 10.2. The van der Waals surface area contributed by atoms with Gasteiger partial charge in [-0.15, -0.1) is 5.10 Å². The largest absolute Gasteiger partial charge is 0.492 e. The van der Waals surface area contributed by atoms with E-state index in [-0.39, 0.29) is 18.3 Å². The van der Waals surface area contributed by atoms with Crippen LogP contribution in [-0.4, -0.2) is 104 Å². The van der Waals surface area contributed by atoms with Crippen LogP contribution < -0.4 is 21.1 Å². The van der Waals surface area contributed by atoms with E-state index in [2.05, 4.69) is 25.0 Å². The first-order chi connectivity index (χ1) is 20.4. The van der Waals surface area contributed by atoms with Gasteiger partial charge in [-0.3, -0.25) is 14.6 Å². The number of ether oxygens (including phenoxy) is 1. The van der Waals surface area contributed by atoms with Crippen molar-refractivity contribution in [1.29, 1.82) is 0 Å². The fraction of sp³-hybridized carbons (Fsp3) is 0.370. The Balaban J connectivity index is 1.04. The zero-order chi connectivity index (χ0) is 29.2. The van der Waals surface area contributed by atoms with Gasteiger partial charge in [0.1, 0.15) is 18.2 Å². The molecule has 1 fully saturated rings. The van der Waals surface area contributed by atoms with E-state index in [0.717, 1.165) is 19.6 Å². The highest BCUT2D eigenvalue weighted by molar-refractivity contribution is 5.87. The number of imidazole rings is 1. The van der Waals surface area contributed by atoms with Gasteiger partial charge >= 0.3 is 0 Å². The number of hydrogen-bond acceptors (Lipinski definition) is 11. The van der Waals surface area contributed by atoms with Gasteiger partial charge in [0.25, 0.3) is 0 Å².